The molecule has 21 nitrogen and oxygen atoms in total. The summed E-state index contributed by atoms with van der Waals surface area (Å²) < 4.78 is 71.5. The number of ether oxygens (including phenoxy) is 5. The molecule has 0 unspecified atom stereocenters. The van der Waals surface area contributed by atoms with Gasteiger partial charge in [-0.2, -0.15) is 0 Å². The largest absolute Gasteiger partial charge is 0.482 e. The summed E-state index contributed by atoms with van der Waals surface area (Å²) in [5, 5.41) is 89.6. The van der Waals surface area contributed by atoms with E-state index in [0.717, 1.165) is 141 Å². The number of fused-ring (bicyclic) bond motifs is 3. The van der Waals surface area contributed by atoms with Crippen molar-refractivity contribution in [1.82, 2.24) is 9.55 Å². The fraction of sp³-hybridized carbons (Fsp3) is 0.471. The Kier molecular flexibility index (Phi) is 37.2. The Bertz CT molecular complexity index is 4980. The fourth-order valence-corrected chi connectivity index (χ4v) is 17.6. The molecular formula is C102H127F3N2O19. The summed E-state index contributed by atoms with van der Waals surface area (Å²) in [7, 11) is 1.61. The Morgan fingerprint density at radius 1 is 0.651 bits per heavy atom. The van der Waals surface area contributed by atoms with Crippen molar-refractivity contribution >= 4 is 58.5 Å². The van der Waals surface area contributed by atoms with E-state index >= 15 is 0 Å². The minimum atomic E-state index is -1.16. The topological polar surface area (TPSA) is 331 Å². The van der Waals surface area contributed by atoms with Crippen LogP contribution in [-0.2, 0) is 49.5 Å². The van der Waals surface area contributed by atoms with Crippen molar-refractivity contribution in [2.75, 3.05) is 13.7 Å². The van der Waals surface area contributed by atoms with Gasteiger partial charge in [-0.25, -0.2) is 13.2 Å². The second-order valence-corrected chi connectivity index (χ2v) is 34.7. The number of carboxylic acid groups (broad SMARTS) is 2. The van der Waals surface area contributed by atoms with Crippen LogP contribution in [0.5, 0.6) is 5.75 Å². The Hall–Kier alpha value is -10.2. The van der Waals surface area contributed by atoms with Crippen LogP contribution in [0.25, 0.3) is 50.9 Å². The first kappa shape index (κ1) is 99.6. The SMILES string of the molecule is CC(C)n1c(/C=C/[C@@H](O)C[C@@H](O)CC(=O)O)c(-c2ccc(F)cc2)c2ccccc21.CCOC(=O)C[C@H](O)C[C@H](O)/C=C/C1=C(c2ccc(F)cc2)c2ccccc2OC12CCCC2.CC[C@H](C)C(=O)O[C@H]1C[C@@H](C)C=C2C=C[C@H](C)[C@H](CC[C@@H]3C[C@@H](O)CC(=O)O3)[C@H]21.COCc1c(C(C)C)nc(C(C)C)c(/C=C/[C@@H](O)C[C@@H](O)CC(=O)O)c1-c1ccc(F)cc1. The van der Waals surface area contributed by atoms with Crippen LogP contribution in [0, 0.1) is 47.0 Å². The number of aliphatic hydroxyl groups excluding tert-OH is 7. The maximum absolute atomic E-state index is 13.7. The molecule has 2 aliphatic heterocycles. The number of carbonyl (C=O) groups excluding carboxylic acids is 3. The molecule has 5 aromatic carbocycles. The van der Waals surface area contributed by atoms with Crippen LogP contribution in [0.3, 0.4) is 0 Å². The maximum Gasteiger partial charge on any atom is 0.308 e. The number of esters is 3. The minimum Gasteiger partial charge on any atom is -0.482 e. The highest BCUT2D eigenvalue weighted by atomic mass is 19.1. The van der Waals surface area contributed by atoms with E-state index in [-0.39, 0.29) is 110 Å². The van der Waals surface area contributed by atoms with Crippen molar-refractivity contribution in [2.24, 2.45) is 29.6 Å². The van der Waals surface area contributed by atoms with E-state index in [1.54, 1.807) is 74.7 Å². The molecule has 1 saturated carbocycles. The molecule has 12 rings (SSSR count). The van der Waals surface area contributed by atoms with E-state index < -0.39 is 79.1 Å². The molecule has 14 atom stereocenters. The highest BCUT2D eigenvalue weighted by Crippen LogP contribution is 2.52. The standard InChI is InChI=1S/C28H31FO5.C26H34FNO5.C24H26FNO4.C24H36O5/c1-2-33-26(32)18-22(31)17-21(30)13-14-24-27(19-9-11-20(29)12-10-19)23-7-3-4-8-25(23)34-28(24)15-5-6-16-28;1-15(2)25-21(11-10-19(29)12-20(30)13-23(31)32)24(17-6-8-18(27)9-7-17)22(14-33-5)26(28-25)16(3)4;1-15(2)26-21-6-4-3-5-20(21)24(16-7-9-17(25)10-8-16)22(26)12-11-18(27)13-19(28)14-23(29)30;1-5-15(3)24(27)29-21-11-14(2)10-17-7-6-16(4)20(23(17)21)9-8-19-12-18(25)13-22(26)28-19/h3-4,7-14,21-22,30-31H,2,5-6,15-18H2,1H3;6-11,15-16,19-20,29-30H,12-14H2,1-5H3,(H,31,32);3-12,15,18-19,27-28H,13-14H2,1-2H3,(H,29,30);6-7,10,14-16,18-21,23,25H,5,8-9,11-13H2,1-4H3/b14-13+;11-10+;12-11+;/t21-,22-;19-,20-;18-,19-;14-,15-,16-,18+,19+,20-,21-,23-/m1110/s1. The third kappa shape index (κ3) is 27.2. The first-order valence-corrected chi connectivity index (χ1v) is 44.2. The zero-order valence-corrected chi connectivity index (χ0v) is 74.4. The van der Waals surface area contributed by atoms with Gasteiger partial charge in [0.05, 0.1) is 93.2 Å². The van der Waals surface area contributed by atoms with Crippen molar-refractivity contribution in [3.8, 4) is 28.0 Å². The average Bonchev–Trinajstić information content (AvgIpc) is 1.35. The summed E-state index contributed by atoms with van der Waals surface area (Å²) >= 11 is 0. The molecule has 7 aromatic rings. The van der Waals surface area contributed by atoms with Crippen LogP contribution in [0.1, 0.15) is 236 Å². The number of rotatable bonds is 33. The number of pyridine rings is 1. The summed E-state index contributed by atoms with van der Waals surface area (Å²) in [5.41, 5.74) is 13.1. The van der Waals surface area contributed by atoms with Gasteiger partial charge in [0, 0.05) is 94.9 Å². The molecule has 0 radical (unpaired) electrons. The molecule has 1 spiro atoms. The lowest BCUT2D eigenvalue weighted by atomic mass is 9.65. The number of aromatic nitrogens is 2. The number of halogens is 3. The first-order valence-electron chi connectivity index (χ1n) is 44.2. The van der Waals surface area contributed by atoms with E-state index in [1.807, 2.05) is 82.3 Å². The van der Waals surface area contributed by atoms with Crippen molar-refractivity contribution in [2.45, 2.75) is 264 Å². The summed E-state index contributed by atoms with van der Waals surface area (Å²) in [5.74, 6) is -1.95. The van der Waals surface area contributed by atoms with Crippen LogP contribution in [0.4, 0.5) is 13.2 Å². The molecule has 0 amide bonds. The molecule has 126 heavy (non-hydrogen) atoms. The highest BCUT2D eigenvalue weighted by molar-refractivity contribution is 6.01. The predicted octanol–water partition coefficient (Wildman–Crippen LogP) is 18.7. The normalized spacial score (nSPS) is 20.7. The number of para-hydroxylation sites is 2. The summed E-state index contributed by atoms with van der Waals surface area (Å²) in [6.07, 6.45) is 16.1. The Morgan fingerprint density at radius 2 is 1.19 bits per heavy atom. The zero-order chi connectivity index (χ0) is 91.8. The lowest BCUT2D eigenvalue weighted by Gasteiger charge is -2.43. The van der Waals surface area contributed by atoms with Crippen LogP contribution in [0.15, 0.2) is 175 Å². The first-order chi connectivity index (χ1) is 60.0. The number of hydrogen-bond acceptors (Lipinski definition) is 18. The molecule has 4 heterocycles. The number of carbonyl (C=O) groups is 5. The maximum atomic E-state index is 13.7. The lowest BCUT2D eigenvalue weighted by Crippen LogP contribution is -2.42. The molecule has 2 fully saturated rings. The number of nitrogens with zero attached hydrogens (tertiary/aromatic N) is 2. The molecular weight excluding hydrogens is 1610 g/mol. The molecule has 2 aromatic heterocycles. The highest BCUT2D eigenvalue weighted by Gasteiger charge is 2.46. The van der Waals surface area contributed by atoms with E-state index in [0.29, 0.717) is 30.8 Å². The minimum absolute atomic E-state index is 0.0128. The predicted molar refractivity (Wildman–Crippen MR) is 481 cm³/mol. The second kappa shape index (κ2) is 47.1. The molecule has 5 aliphatic rings. The second-order valence-electron chi connectivity index (χ2n) is 34.7. The molecule has 24 heteroatoms. The van der Waals surface area contributed by atoms with Gasteiger partial charge in [0.2, 0.25) is 0 Å². The van der Waals surface area contributed by atoms with Crippen molar-refractivity contribution in [1.29, 1.82) is 0 Å². The van der Waals surface area contributed by atoms with Gasteiger partial charge in [0.15, 0.2) is 0 Å². The van der Waals surface area contributed by atoms with E-state index in [2.05, 4.69) is 64.3 Å². The van der Waals surface area contributed by atoms with Gasteiger partial charge < -0.3 is 74.2 Å². The van der Waals surface area contributed by atoms with Gasteiger partial charge in [-0.3, -0.25) is 29.0 Å². The third-order valence-corrected chi connectivity index (χ3v) is 23.7. The summed E-state index contributed by atoms with van der Waals surface area (Å²) in [6.45, 7) is 22.9. The van der Waals surface area contributed by atoms with Gasteiger partial charge in [0.25, 0.3) is 0 Å². The number of carboxylic acids is 2. The van der Waals surface area contributed by atoms with Gasteiger partial charge in [-0.05, 0) is 190 Å². The number of methoxy groups -OCH3 is 1. The number of benzene rings is 5. The summed E-state index contributed by atoms with van der Waals surface area (Å²) in [6, 6.07) is 34.9. The van der Waals surface area contributed by atoms with E-state index in [9.17, 15) is 72.9 Å². The molecule has 9 N–H and O–H groups in total. The van der Waals surface area contributed by atoms with Crippen molar-refractivity contribution in [3.05, 3.63) is 232 Å². The van der Waals surface area contributed by atoms with Gasteiger partial charge in [0.1, 0.15) is 41.0 Å². The van der Waals surface area contributed by atoms with E-state index in [4.69, 9.17) is 38.9 Å². The van der Waals surface area contributed by atoms with Gasteiger partial charge >= 0.3 is 29.8 Å². The monoisotopic (exact) mass is 1740 g/mol. The Labute approximate surface area is 738 Å². The van der Waals surface area contributed by atoms with Crippen molar-refractivity contribution in [3.63, 3.8) is 0 Å². The molecule has 0 bridgehead atoms. The Morgan fingerprint density at radius 3 is 1.74 bits per heavy atom. The average molecular weight is 1740 g/mol. The van der Waals surface area contributed by atoms with E-state index in [1.165, 1.54) is 48.0 Å². The number of aliphatic carboxylic acids is 2. The summed E-state index contributed by atoms with van der Waals surface area (Å²) in [4.78, 5) is 62.3. The quantitative estimate of drug-likeness (QED) is 0.0136. The molecule has 3 aliphatic carbocycles. The van der Waals surface area contributed by atoms with Crippen LogP contribution < -0.4 is 4.74 Å². The number of cyclic esters (lactones) is 1. The number of aliphatic hydroxyl groups is 7. The smallest absolute Gasteiger partial charge is 0.308 e. The molecule has 680 valence electrons. The zero-order valence-electron chi connectivity index (χ0n) is 74.4. The molecule has 1 saturated heterocycles. The van der Waals surface area contributed by atoms with Crippen molar-refractivity contribution < 1.29 is 107 Å². The number of allylic oxidation sites excluding steroid dienone is 3. The fourth-order valence-electron chi connectivity index (χ4n) is 17.6. The van der Waals surface area contributed by atoms with Crippen LogP contribution >= 0.6 is 0 Å². The van der Waals surface area contributed by atoms with Gasteiger partial charge in [-0.15, -0.1) is 0 Å². The van der Waals surface area contributed by atoms with Crippen LogP contribution in [0.2, 0.25) is 0 Å². The van der Waals surface area contributed by atoms with Gasteiger partial charge in [-0.1, -0.05) is 177 Å². The third-order valence-electron chi connectivity index (χ3n) is 23.7. The Balaban J connectivity index is 0.000000190. The number of hydrogen-bond donors (Lipinski definition) is 9. The van der Waals surface area contributed by atoms with Crippen LogP contribution in [-0.4, -0.2) is 160 Å². The lowest BCUT2D eigenvalue weighted by molar-refractivity contribution is -0.162.